The Morgan fingerprint density at radius 3 is 2.40 bits per heavy atom. The Labute approximate surface area is 101 Å². The lowest BCUT2D eigenvalue weighted by Crippen LogP contribution is -2.14. The number of nitrogens with one attached hydrogen (secondary N) is 1. The highest BCUT2D eigenvalue weighted by molar-refractivity contribution is 9.10. The Balaban J connectivity index is 0.00000196. The lowest BCUT2D eigenvalue weighted by Gasteiger charge is -2.12. The van der Waals surface area contributed by atoms with E-state index in [4.69, 9.17) is 0 Å². The highest BCUT2D eigenvalue weighted by atomic mass is 79.9. The number of halogens is 5. The Bertz CT molecular complexity index is 328. The molecule has 0 atom stereocenters. The van der Waals surface area contributed by atoms with Gasteiger partial charge in [0.2, 0.25) is 0 Å². The highest BCUT2D eigenvalue weighted by Gasteiger charge is 2.33. The van der Waals surface area contributed by atoms with Gasteiger partial charge in [0.25, 0.3) is 0 Å². The standard InChI is InChI=1S/C9H9BrF3N.ClH/c1-14-5-6-2-3-7(10)4-8(6)9(11,12)13;/h2-4,14H,5H2,1H3;1H. The molecular weight excluding hydrogens is 294 g/mol. The summed E-state index contributed by atoms with van der Waals surface area (Å²) in [5.74, 6) is 0. The SMILES string of the molecule is CNCc1ccc(Br)cc1C(F)(F)F.Cl. The molecule has 0 bridgehead atoms. The first kappa shape index (κ1) is 14.7. The summed E-state index contributed by atoms with van der Waals surface area (Å²) < 4.78 is 37.9. The minimum absolute atomic E-state index is 0. The van der Waals surface area contributed by atoms with Gasteiger partial charge in [-0.05, 0) is 24.7 Å². The van der Waals surface area contributed by atoms with E-state index in [1.165, 1.54) is 6.07 Å². The van der Waals surface area contributed by atoms with E-state index in [0.29, 0.717) is 4.47 Å². The molecule has 86 valence electrons. The summed E-state index contributed by atoms with van der Waals surface area (Å²) in [4.78, 5) is 0. The van der Waals surface area contributed by atoms with E-state index in [9.17, 15) is 13.2 Å². The molecule has 0 aromatic heterocycles. The van der Waals surface area contributed by atoms with Gasteiger partial charge >= 0.3 is 6.18 Å². The average Bonchev–Trinajstić information content (AvgIpc) is 2.07. The summed E-state index contributed by atoms with van der Waals surface area (Å²) in [7, 11) is 1.61. The molecule has 0 fully saturated rings. The first-order chi connectivity index (χ1) is 6.45. The van der Waals surface area contributed by atoms with Crippen LogP contribution < -0.4 is 5.32 Å². The van der Waals surface area contributed by atoms with Crippen molar-refractivity contribution >= 4 is 28.3 Å². The van der Waals surface area contributed by atoms with E-state index >= 15 is 0 Å². The van der Waals surface area contributed by atoms with Gasteiger partial charge in [-0.2, -0.15) is 13.2 Å². The largest absolute Gasteiger partial charge is 0.416 e. The third-order valence-electron chi connectivity index (χ3n) is 1.74. The van der Waals surface area contributed by atoms with Crippen LogP contribution in [0.25, 0.3) is 0 Å². The summed E-state index contributed by atoms with van der Waals surface area (Å²) in [6.45, 7) is 0.210. The molecule has 15 heavy (non-hydrogen) atoms. The number of alkyl halides is 3. The van der Waals surface area contributed by atoms with Crippen LogP contribution in [-0.4, -0.2) is 7.05 Å². The molecule has 1 N–H and O–H groups in total. The van der Waals surface area contributed by atoms with Crippen LogP contribution in [-0.2, 0) is 12.7 Å². The van der Waals surface area contributed by atoms with Crippen molar-refractivity contribution in [1.29, 1.82) is 0 Å². The van der Waals surface area contributed by atoms with Crippen molar-refractivity contribution in [2.24, 2.45) is 0 Å². The third kappa shape index (κ3) is 4.01. The highest BCUT2D eigenvalue weighted by Crippen LogP contribution is 2.33. The van der Waals surface area contributed by atoms with Crippen LogP contribution in [0.2, 0.25) is 0 Å². The van der Waals surface area contributed by atoms with Crippen LogP contribution in [0.1, 0.15) is 11.1 Å². The molecule has 0 aliphatic carbocycles. The molecule has 1 nitrogen and oxygen atoms in total. The van der Waals surface area contributed by atoms with E-state index in [-0.39, 0.29) is 24.5 Å². The van der Waals surface area contributed by atoms with E-state index in [1.807, 2.05) is 0 Å². The smallest absolute Gasteiger partial charge is 0.316 e. The van der Waals surface area contributed by atoms with Crippen LogP contribution in [0.3, 0.4) is 0 Å². The molecule has 0 aliphatic rings. The van der Waals surface area contributed by atoms with Gasteiger partial charge < -0.3 is 5.32 Å². The van der Waals surface area contributed by atoms with Gasteiger partial charge in [-0.1, -0.05) is 22.0 Å². The Kier molecular flexibility index (Phi) is 5.62. The monoisotopic (exact) mass is 303 g/mol. The molecule has 0 saturated heterocycles. The average molecular weight is 305 g/mol. The Morgan fingerprint density at radius 2 is 1.93 bits per heavy atom. The van der Waals surface area contributed by atoms with E-state index < -0.39 is 11.7 Å². The molecule has 1 aromatic carbocycles. The zero-order chi connectivity index (χ0) is 10.8. The van der Waals surface area contributed by atoms with Gasteiger partial charge in [0, 0.05) is 11.0 Å². The van der Waals surface area contributed by atoms with E-state index in [0.717, 1.165) is 6.07 Å². The van der Waals surface area contributed by atoms with Crippen molar-refractivity contribution in [2.75, 3.05) is 7.05 Å². The van der Waals surface area contributed by atoms with Crippen molar-refractivity contribution in [3.63, 3.8) is 0 Å². The fourth-order valence-corrected chi connectivity index (χ4v) is 1.52. The van der Waals surface area contributed by atoms with Gasteiger partial charge in [0.15, 0.2) is 0 Å². The van der Waals surface area contributed by atoms with Crippen LogP contribution in [0, 0.1) is 0 Å². The van der Waals surface area contributed by atoms with Gasteiger partial charge in [-0.3, -0.25) is 0 Å². The minimum Gasteiger partial charge on any atom is -0.316 e. The predicted octanol–water partition coefficient (Wildman–Crippen LogP) is 3.61. The second kappa shape index (κ2) is 5.72. The van der Waals surface area contributed by atoms with Crippen LogP contribution >= 0.6 is 28.3 Å². The number of hydrogen-bond acceptors (Lipinski definition) is 1. The van der Waals surface area contributed by atoms with Crippen LogP contribution in [0.4, 0.5) is 13.2 Å². The topological polar surface area (TPSA) is 12.0 Å². The van der Waals surface area contributed by atoms with E-state index in [1.54, 1.807) is 13.1 Å². The molecular formula is C9H10BrClF3N. The van der Waals surface area contributed by atoms with Gasteiger partial charge in [0.05, 0.1) is 5.56 Å². The normalized spacial score (nSPS) is 11.0. The van der Waals surface area contributed by atoms with Crippen molar-refractivity contribution < 1.29 is 13.2 Å². The molecule has 0 heterocycles. The molecule has 0 radical (unpaired) electrons. The molecule has 0 saturated carbocycles. The van der Waals surface area contributed by atoms with Crippen LogP contribution in [0.15, 0.2) is 22.7 Å². The molecule has 6 heteroatoms. The zero-order valence-corrected chi connectivity index (χ0v) is 10.3. The van der Waals surface area contributed by atoms with Gasteiger partial charge in [-0.15, -0.1) is 12.4 Å². The fourth-order valence-electron chi connectivity index (χ4n) is 1.16. The van der Waals surface area contributed by atoms with E-state index in [2.05, 4.69) is 21.2 Å². The lowest BCUT2D eigenvalue weighted by atomic mass is 10.1. The quantitative estimate of drug-likeness (QED) is 0.880. The number of rotatable bonds is 2. The number of hydrogen-bond donors (Lipinski definition) is 1. The second-order valence-corrected chi connectivity index (χ2v) is 3.75. The zero-order valence-electron chi connectivity index (χ0n) is 7.86. The number of benzene rings is 1. The van der Waals surface area contributed by atoms with Crippen molar-refractivity contribution in [3.05, 3.63) is 33.8 Å². The Hall–Kier alpha value is -0.260. The molecule has 1 rings (SSSR count). The summed E-state index contributed by atoms with van der Waals surface area (Å²) in [5, 5.41) is 2.70. The molecule has 1 aromatic rings. The Morgan fingerprint density at radius 1 is 1.33 bits per heavy atom. The fraction of sp³-hybridized carbons (Fsp3) is 0.333. The van der Waals surface area contributed by atoms with Crippen molar-refractivity contribution in [2.45, 2.75) is 12.7 Å². The van der Waals surface area contributed by atoms with Crippen molar-refractivity contribution in [1.82, 2.24) is 5.32 Å². The predicted molar refractivity (Wildman–Crippen MR) is 59.2 cm³/mol. The lowest BCUT2D eigenvalue weighted by molar-refractivity contribution is -0.138. The maximum absolute atomic E-state index is 12.5. The molecule has 0 unspecified atom stereocenters. The molecule has 0 amide bonds. The first-order valence-corrected chi connectivity index (χ1v) is 4.74. The maximum atomic E-state index is 12.5. The summed E-state index contributed by atoms with van der Waals surface area (Å²) in [6, 6.07) is 4.15. The van der Waals surface area contributed by atoms with Crippen molar-refractivity contribution in [3.8, 4) is 0 Å². The summed E-state index contributed by atoms with van der Waals surface area (Å²) in [5.41, 5.74) is -0.343. The molecule has 0 aliphatic heterocycles. The van der Waals surface area contributed by atoms with Gasteiger partial charge in [0.1, 0.15) is 0 Å². The van der Waals surface area contributed by atoms with Crippen LogP contribution in [0.5, 0.6) is 0 Å². The summed E-state index contributed by atoms with van der Waals surface area (Å²) >= 11 is 3.02. The first-order valence-electron chi connectivity index (χ1n) is 3.95. The maximum Gasteiger partial charge on any atom is 0.416 e. The second-order valence-electron chi connectivity index (χ2n) is 2.83. The third-order valence-corrected chi connectivity index (χ3v) is 2.24. The summed E-state index contributed by atoms with van der Waals surface area (Å²) in [6.07, 6.45) is -4.30. The molecule has 0 spiro atoms. The minimum atomic E-state index is -4.30. The van der Waals surface area contributed by atoms with Gasteiger partial charge in [-0.25, -0.2) is 0 Å².